The maximum atomic E-state index is 3.80. The molecule has 1 unspecified atom stereocenters. The highest BCUT2D eigenvalue weighted by atomic mass is 15.1. The Labute approximate surface area is 303 Å². The van der Waals surface area contributed by atoms with Crippen molar-refractivity contribution in [2.24, 2.45) is 5.92 Å². The summed E-state index contributed by atoms with van der Waals surface area (Å²) in [5.41, 5.74) is 14.4. The SMILES string of the molecule is C=C/C=C\C=C/Cc1ccc(N(c2ccc(-c3ccccc3)cc2)c2ccc(-c3ccccc3)c(-c3ccccc3)c2)cc1C1=CC(C)CC=C1. The first-order chi connectivity index (χ1) is 25.2. The van der Waals surface area contributed by atoms with Gasteiger partial charge in [-0.05, 0) is 105 Å². The van der Waals surface area contributed by atoms with Crippen LogP contribution in [0.25, 0.3) is 39.0 Å². The maximum Gasteiger partial charge on any atom is 0.0468 e. The van der Waals surface area contributed by atoms with E-state index in [1.54, 1.807) is 6.08 Å². The van der Waals surface area contributed by atoms with Gasteiger partial charge in [0.25, 0.3) is 0 Å². The summed E-state index contributed by atoms with van der Waals surface area (Å²) in [6.45, 7) is 6.10. The van der Waals surface area contributed by atoms with Crippen LogP contribution in [0.4, 0.5) is 17.1 Å². The van der Waals surface area contributed by atoms with Gasteiger partial charge in [0.15, 0.2) is 0 Å². The molecule has 1 aliphatic carbocycles. The normalized spacial score (nSPS) is 14.1. The number of hydrogen-bond acceptors (Lipinski definition) is 1. The molecule has 0 saturated heterocycles. The summed E-state index contributed by atoms with van der Waals surface area (Å²) < 4.78 is 0. The van der Waals surface area contributed by atoms with Gasteiger partial charge in [-0.3, -0.25) is 0 Å². The molecular weight excluding hydrogens is 615 g/mol. The van der Waals surface area contributed by atoms with Crippen LogP contribution >= 0.6 is 0 Å². The van der Waals surface area contributed by atoms with E-state index in [2.05, 4.69) is 200 Å². The molecule has 0 radical (unpaired) electrons. The van der Waals surface area contributed by atoms with Crippen molar-refractivity contribution >= 4 is 22.6 Å². The second-order valence-corrected chi connectivity index (χ2v) is 13.0. The third-order valence-electron chi connectivity index (χ3n) is 9.43. The van der Waals surface area contributed by atoms with Gasteiger partial charge in [0.1, 0.15) is 0 Å². The van der Waals surface area contributed by atoms with Crippen molar-refractivity contribution in [2.75, 3.05) is 4.90 Å². The van der Waals surface area contributed by atoms with Gasteiger partial charge in [-0.1, -0.05) is 177 Å². The third kappa shape index (κ3) is 7.85. The first kappa shape index (κ1) is 33.3. The highest BCUT2D eigenvalue weighted by molar-refractivity contribution is 5.90. The third-order valence-corrected chi connectivity index (χ3v) is 9.43. The summed E-state index contributed by atoms with van der Waals surface area (Å²) in [6, 6.07) is 54.9. The molecule has 0 aromatic heterocycles. The lowest BCUT2D eigenvalue weighted by atomic mass is 9.89. The van der Waals surface area contributed by atoms with Gasteiger partial charge in [-0.15, -0.1) is 0 Å². The quantitative estimate of drug-likeness (QED) is 0.125. The van der Waals surface area contributed by atoms with Crippen molar-refractivity contribution < 1.29 is 0 Å². The largest absolute Gasteiger partial charge is 0.310 e. The van der Waals surface area contributed by atoms with E-state index >= 15 is 0 Å². The fourth-order valence-electron chi connectivity index (χ4n) is 6.86. The molecule has 1 aliphatic rings. The fourth-order valence-corrected chi connectivity index (χ4v) is 6.86. The summed E-state index contributed by atoms with van der Waals surface area (Å²) in [6.07, 6.45) is 19.1. The number of anilines is 3. The van der Waals surface area contributed by atoms with Crippen molar-refractivity contribution in [2.45, 2.75) is 19.8 Å². The van der Waals surface area contributed by atoms with Gasteiger partial charge >= 0.3 is 0 Å². The van der Waals surface area contributed by atoms with Crippen LogP contribution in [0.15, 0.2) is 207 Å². The van der Waals surface area contributed by atoms with E-state index in [0.717, 1.165) is 29.9 Å². The first-order valence-corrected chi connectivity index (χ1v) is 17.8. The van der Waals surface area contributed by atoms with Gasteiger partial charge < -0.3 is 4.90 Å². The van der Waals surface area contributed by atoms with Crippen LogP contribution in [0.5, 0.6) is 0 Å². The van der Waals surface area contributed by atoms with Crippen LogP contribution in [0.3, 0.4) is 0 Å². The minimum Gasteiger partial charge on any atom is -0.310 e. The lowest BCUT2D eigenvalue weighted by molar-refractivity contribution is 0.739. The van der Waals surface area contributed by atoms with E-state index in [0.29, 0.717) is 5.92 Å². The molecular formula is C50H43N. The standard InChI is InChI=1S/C50H43N/c1-3-4-5-6-10-25-43-29-32-46(36-49(43)44-26-17-18-38(2)35-44)51(45-30-27-40(28-31-45)39-19-11-7-12-20-39)47-33-34-48(41-21-13-8-14-22-41)50(37-47)42-23-15-9-16-24-42/h3-17,19-24,26-38H,1,18,25H2,2H3/b5-4-,10-6-. The molecule has 6 aromatic rings. The number of benzene rings is 6. The van der Waals surface area contributed by atoms with Crippen molar-refractivity contribution in [1.29, 1.82) is 0 Å². The van der Waals surface area contributed by atoms with Crippen LogP contribution in [0, 0.1) is 5.92 Å². The molecule has 1 atom stereocenters. The molecule has 0 spiro atoms. The van der Waals surface area contributed by atoms with Crippen molar-refractivity contribution in [1.82, 2.24) is 0 Å². The van der Waals surface area contributed by atoms with E-state index < -0.39 is 0 Å². The minimum atomic E-state index is 0.494. The highest BCUT2D eigenvalue weighted by Crippen LogP contribution is 2.42. The number of hydrogen-bond donors (Lipinski definition) is 0. The number of nitrogens with zero attached hydrogens (tertiary/aromatic N) is 1. The van der Waals surface area contributed by atoms with Crippen LogP contribution in [-0.2, 0) is 6.42 Å². The number of rotatable bonds is 11. The number of allylic oxidation sites excluding steroid dienone is 9. The van der Waals surface area contributed by atoms with Crippen molar-refractivity contribution in [3.8, 4) is 33.4 Å². The molecule has 248 valence electrons. The fraction of sp³-hybridized carbons (Fsp3) is 0.0800. The maximum absolute atomic E-state index is 3.80. The van der Waals surface area contributed by atoms with Crippen LogP contribution in [0.1, 0.15) is 24.5 Å². The monoisotopic (exact) mass is 657 g/mol. The molecule has 6 aromatic carbocycles. The van der Waals surface area contributed by atoms with Gasteiger partial charge in [0.2, 0.25) is 0 Å². The van der Waals surface area contributed by atoms with Crippen LogP contribution < -0.4 is 4.90 Å². The topological polar surface area (TPSA) is 3.24 Å². The lowest BCUT2D eigenvalue weighted by Crippen LogP contribution is -2.11. The van der Waals surface area contributed by atoms with Gasteiger partial charge in [0.05, 0.1) is 0 Å². The Bertz CT molecular complexity index is 2200. The average molecular weight is 658 g/mol. The van der Waals surface area contributed by atoms with E-state index in [4.69, 9.17) is 0 Å². The van der Waals surface area contributed by atoms with E-state index in [1.807, 2.05) is 12.2 Å². The summed E-state index contributed by atoms with van der Waals surface area (Å²) in [7, 11) is 0. The van der Waals surface area contributed by atoms with Crippen molar-refractivity contribution in [3.63, 3.8) is 0 Å². The summed E-state index contributed by atoms with van der Waals surface area (Å²) in [5.74, 6) is 0.494. The molecule has 0 N–H and O–H groups in total. The van der Waals surface area contributed by atoms with Crippen molar-refractivity contribution in [3.05, 3.63) is 218 Å². The first-order valence-electron chi connectivity index (χ1n) is 17.8. The predicted octanol–water partition coefficient (Wildman–Crippen LogP) is 14.0. The van der Waals surface area contributed by atoms with E-state index in [-0.39, 0.29) is 0 Å². The molecule has 0 aliphatic heterocycles. The zero-order valence-electron chi connectivity index (χ0n) is 29.2. The minimum absolute atomic E-state index is 0.494. The Balaban J connectivity index is 1.40. The zero-order valence-corrected chi connectivity index (χ0v) is 29.2. The lowest BCUT2D eigenvalue weighted by Gasteiger charge is -2.28. The Morgan fingerprint density at radius 3 is 1.78 bits per heavy atom. The molecule has 7 rings (SSSR count). The molecule has 1 nitrogen and oxygen atoms in total. The average Bonchev–Trinajstić information content (AvgIpc) is 3.19. The summed E-state index contributed by atoms with van der Waals surface area (Å²) in [5, 5.41) is 0. The molecule has 0 bridgehead atoms. The Morgan fingerprint density at radius 1 is 0.569 bits per heavy atom. The molecule has 0 heterocycles. The highest BCUT2D eigenvalue weighted by Gasteiger charge is 2.19. The Morgan fingerprint density at radius 2 is 1.14 bits per heavy atom. The van der Waals surface area contributed by atoms with Crippen LogP contribution in [-0.4, -0.2) is 0 Å². The summed E-state index contributed by atoms with van der Waals surface area (Å²) in [4.78, 5) is 2.41. The Hall–Kier alpha value is -6.18. The van der Waals surface area contributed by atoms with Gasteiger partial charge in [0, 0.05) is 17.1 Å². The summed E-state index contributed by atoms with van der Waals surface area (Å²) >= 11 is 0. The van der Waals surface area contributed by atoms with Crippen LogP contribution in [0.2, 0.25) is 0 Å². The van der Waals surface area contributed by atoms with Gasteiger partial charge in [-0.2, -0.15) is 0 Å². The van der Waals surface area contributed by atoms with E-state index in [1.165, 1.54) is 50.1 Å². The van der Waals surface area contributed by atoms with E-state index in [9.17, 15) is 0 Å². The molecule has 0 amide bonds. The predicted molar refractivity (Wildman–Crippen MR) is 221 cm³/mol. The second-order valence-electron chi connectivity index (χ2n) is 13.0. The molecule has 51 heavy (non-hydrogen) atoms. The molecule has 0 saturated carbocycles. The molecule has 0 fully saturated rings. The molecule has 1 heteroatoms. The zero-order chi connectivity index (χ0) is 34.8. The Kier molecular flexibility index (Phi) is 10.5. The van der Waals surface area contributed by atoms with Gasteiger partial charge in [-0.25, -0.2) is 0 Å². The smallest absolute Gasteiger partial charge is 0.0468 e. The second kappa shape index (κ2) is 16.0.